The molecular weight excluding hydrogens is 693 g/mol. The van der Waals surface area contributed by atoms with Gasteiger partial charge in [-0.05, 0) is 135 Å². The van der Waals surface area contributed by atoms with Crippen LogP contribution in [0.15, 0.2) is 182 Å². The Kier molecular flexibility index (Phi) is 6.66. The highest BCUT2D eigenvalue weighted by molar-refractivity contribution is 7.26. The molecule has 0 radical (unpaired) electrons. The van der Waals surface area contributed by atoms with Gasteiger partial charge in [0.05, 0.1) is 0 Å². The molecule has 1 aliphatic carbocycles. The Morgan fingerprint density at radius 3 is 1.59 bits per heavy atom. The molecule has 1 heteroatoms. The summed E-state index contributed by atoms with van der Waals surface area (Å²) < 4.78 is 2.74. The van der Waals surface area contributed by atoms with E-state index in [0.29, 0.717) is 0 Å². The summed E-state index contributed by atoms with van der Waals surface area (Å²) in [7, 11) is 0. The van der Waals surface area contributed by atoms with Crippen molar-refractivity contribution in [3.63, 3.8) is 0 Å². The van der Waals surface area contributed by atoms with Crippen LogP contribution in [0.25, 0.3) is 108 Å². The highest BCUT2D eigenvalue weighted by Gasteiger charge is 2.36. The van der Waals surface area contributed by atoms with Crippen molar-refractivity contribution < 1.29 is 0 Å². The standard InChI is InChI=1S/C55H36S/c1-55(2)48-30-38(24-26-41(48)46-31-47-51(32-49(46)55)56-50-27-25-33-12-6-7-15-40(33)54(47)50)36-20-21-37-29-39(23-22-35(37)28-36)53-44-18-10-8-16-42(44)52(34-13-4-3-5-14-34)43-17-9-11-19-45(43)53/h3-32H,1-2H3. The van der Waals surface area contributed by atoms with Crippen LogP contribution in [0, 0.1) is 0 Å². The van der Waals surface area contributed by atoms with Gasteiger partial charge < -0.3 is 0 Å². The fraction of sp³-hybridized carbons (Fsp3) is 0.0545. The van der Waals surface area contributed by atoms with Crippen molar-refractivity contribution in [3.8, 4) is 44.5 Å². The van der Waals surface area contributed by atoms with E-state index in [1.807, 2.05) is 11.3 Å². The number of rotatable bonds is 3. The van der Waals surface area contributed by atoms with Crippen LogP contribution in [0.5, 0.6) is 0 Å². The van der Waals surface area contributed by atoms with Gasteiger partial charge in [0, 0.05) is 25.6 Å². The molecule has 0 saturated heterocycles. The maximum absolute atomic E-state index is 2.49. The molecule has 56 heavy (non-hydrogen) atoms. The molecule has 0 bridgehead atoms. The second-order valence-corrected chi connectivity index (χ2v) is 17.1. The van der Waals surface area contributed by atoms with Crippen molar-refractivity contribution in [1.29, 1.82) is 0 Å². The molecule has 11 aromatic rings. The van der Waals surface area contributed by atoms with E-state index in [1.165, 1.54) is 119 Å². The monoisotopic (exact) mass is 728 g/mol. The lowest BCUT2D eigenvalue weighted by Gasteiger charge is -2.22. The molecular formula is C55H36S. The maximum atomic E-state index is 2.49. The summed E-state index contributed by atoms with van der Waals surface area (Å²) >= 11 is 1.92. The fourth-order valence-corrected chi connectivity index (χ4v) is 11.0. The van der Waals surface area contributed by atoms with E-state index in [2.05, 4.69) is 196 Å². The van der Waals surface area contributed by atoms with Crippen LogP contribution in [0.3, 0.4) is 0 Å². The molecule has 1 aliphatic rings. The Labute approximate surface area is 329 Å². The smallest absolute Gasteiger partial charge is 0.0361 e. The van der Waals surface area contributed by atoms with Crippen molar-refractivity contribution in [2.45, 2.75) is 19.3 Å². The van der Waals surface area contributed by atoms with Crippen LogP contribution >= 0.6 is 11.3 Å². The van der Waals surface area contributed by atoms with Crippen LogP contribution < -0.4 is 0 Å². The summed E-state index contributed by atoms with van der Waals surface area (Å²) in [6, 6.07) is 68.2. The van der Waals surface area contributed by atoms with Gasteiger partial charge in [0.15, 0.2) is 0 Å². The third-order valence-electron chi connectivity index (χ3n) is 12.6. The molecule has 1 aromatic heterocycles. The Hall–Kier alpha value is -6.54. The van der Waals surface area contributed by atoms with E-state index < -0.39 is 0 Å². The van der Waals surface area contributed by atoms with Crippen molar-refractivity contribution in [1.82, 2.24) is 0 Å². The molecule has 10 aromatic carbocycles. The average molecular weight is 729 g/mol. The van der Waals surface area contributed by atoms with Crippen LogP contribution in [0.1, 0.15) is 25.0 Å². The minimum Gasteiger partial charge on any atom is -0.135 e. The number of benzene rings is 10. The molecule has 0 atom stereocenters. The van der Waals surface area contributed by atoms with Gasteiger partial charge >= 0.3 is 0 Å². The van der Waals surface area contributed by atoms with E-state index >= 15 is 0 Å². The van der Waals surface area contributed by atoms with Crippen molar-refractivity contribution in [2.75, 3.05) is 0 Å². The Bertz CT molecular complexity index is 3380. The van der Waals surface area contributed by atoms with Crippen molar-refractivity contribution in [2.24, 2.45) is 0 Å². The number of thiophene rings is 1. The summed E-state index contributed by atoms with van der Waals surface area (Å²) in [5.41, 5.74) is 13.1. The van der Waals surface area contributed by atoms with Gasteiger partial charge in [0.2, 0.25) is 0 Å². The van der Waals surface area contributed by atoms with Crippen LogP contribution in [-0.4, -0.2) is 0 Å². The molecule has 0 saturated carbocycles. The highest BCUT2D eigenvalue weighted by Crippen LogP contribution is 2.53. The highest BCUT2D eigenvalue weighted by atomic mass is 32.1. The predicted molar refractivity (Wildman–Crippen MR) is 243 cm³/mol. The summed E-state index contributed by atoms with van der Waals surface area (Å²) in [5.74, 6) is 0. The largest absolute Gasteiger partial charge is 0.135 e. The molecule has 0 aliphatic heterocycles. The van der Waals surface area contributed by atoms with E-state index in [0.717, 1.165) is 0 Å². The predicted octanol–water partition coefficient (Wildman–Crippen LogP) is 16.0. The first-order valence-electron chi connectivity index (χ1n) is 19.6. The summed E-state index contributed by atoms with van der Waals surface area (Å²) in [6.45, 7) is 4.80. The molecule has 0 amide bonds. The first-order valence-corrected chi connectivity index (χ1v) is 20.4. The van der Waals surface area contributed by atoms with Gasteiger partial charge in [-0.25, -0.2) is 0 Å². The summed E-state index contributed by atoms with van der Waals surface area (Å²) in [6.07, 6.45) is 0. The molecule has 0 unspecified atom stereocenters. The number of fused-ring (bicyclic) bond motifs is 11. The molecule has 0 fully saturated rings. The maximum Gasteiger partial charge on any atom is 0.0361 e. The molecule has 0 N–H and O–H groups in total. The number of hydrogen-bond donors (Lipinski definition) is 0. The van der Waals surface area contributed by atoms with Crippen LogP contribution in [0.4, 0.5) is 0 Å². The molecule has 262 valence electrons. The quantitative estimate of drug-likeness (QED) is 0.159. The first kappa shape index (κ1) is 31.8. The molecule has 0 spiro atoms. The lowest BCUT2D eigenvalue weighted by atomic mass is 9.81. The van der Waals surface area contributed by atoms with Gasteiger partial charge in [0.25, 0.3) is 0 Å². The zero-order chi connectivity index (χ0) is 37.1. The average Bonchev–Trinajstić information content (AvgIpc) is 3.72. The molecule has 0 nitrogen and oxygen atoms in total. The van der Waals surface area contributed by atoms with E-state index in [9.17, 15) is 0 Å². The fourth-order valence-electron chi connectivity index (χ4n) is 9.89. The topological polar surface area (TPSA) is 0 Å². The van der Waals surface area contributed by atoms with Gasteiger partial charge in [-0.1, -0.05) is 159 Å². The van der Waals surface area contributed by atoms with Crippen LogP contribution in [-0.2, 0) is 5.41 Å². The summed E-state index contributed by atoms with van der Waals surface area (Å²) in [5, 5.41) is 13.0. The Balaban J connectivity index is 0.963. The number of hydrogen-bond acceptors (Lipinski definition) is 1. The Morgan fingerprint density at radius 2 is 0.875 bits per heavy atom. The second-order valence-electron chi connectivity index (χ2n) is 16.0. The van der Waals surface area contributed by atoms with Gasteiger partial charge in [-0.15, -0.1) is 11.3 Å². The second kappa shape index (κ2) is 11.7. The van der Waals surface area contributed by atoms with E-state index in [1.54, 1.807) is 0 Å². The minimum atomic E-state index is -0.0968. The minimum absolute atomic E-state index is 0.0968. The van der Waals surface area contributed by atoms with Crippen molar-refractivity contribution in [3.05, 3.63) is 193 Å². The zero-order valence-electron chi connectivity index (χ0n) is 31.2. The third kappa shape index (κ3) is 4.53. The van der Waals surface area contributed by atoms with E-state index in [4.69, 9.17) is 0 Å². The lowest BCUT2D eigenvalue weighted by molar-refractivity contribution is 0.661. The first-order chi connectivity index (χ1) is 27.5. The van der Waals surface area contributed by atoms with Crippen molar-refractivity contribution >= 4 is 74.6 Å². The van der Waals surface area contributed by atoms with E-state index in [-0.39, 0.29) is 5.41 Å². The van der Waals surface area contributed by atoms with Gasteiger partial charge in [-0.2, -0.15) is 0 Å². The molecule has 1 heterocycles. The lowest BCUT2D eigenvalue weighted by Crippen LogP contribution is -2.14. The SMILES string of the molecule is CC1(C)c2cc(-c3ccc4cc(-c5c6ccccc6c(-c6ccccc6)c6ccccc56)ccc4c3)ccc2-c2cc3c(cc21)sc1ccc2ccccc2c13. The third-order valence-corrected chi connectivity index (χ3v) is 13.7. The van der Waals surface area contributed by atoms with Gasteiger partial charge in [0.1, 0.15) is 0 Å². The zero-order valence-corrected chi connectivity index (χ0v) is 32.0. The Morgan fingerprint density at radius 1 is 0.339 bits per heavy atom. The van der Waals surface area contributed by atoms with Gasteiger partial charge in [-0.3, -0.25) is 0 Å². The normalized spacial score (nSPS) is 13.3. The molecule has 12 rings (SSSR count). The van der Waals surface area contributed by atoms with Crippen LogP contribution in [0.2, 0.25) is 0 Å². The summed E-state index contributed by atoms with van der Waals surface area (Å²) in [4.78, 5) is 0.